The molecule has 1 aromatic rings. The smallest absolute Gasteiger partial charge is 0.0210 e. The minimum Gasteiger partial charge on any atom is -0.314 e. The number of halogens is 1. The van der Waals surface area contributed by atoms with Crippen molar-refractivity contribution in [1.29, 1.82) is 0 Å². The maximum absolute atomic E-state index is 3.63. The molecular weight excluding hydrogens is 238 g/mol. The summed E-state index contributed by atoms with van der Waals surface area (Å²) in [5.41, 5.74) is 3.03. The third kappa shape index (κ3) is 2.01. The largest absolute Gasteiger partial charge is 0.314 e. The van der Waals surface area contributed by atoms with Crippen molar-refractivity contribution in [1.82, 2.24) is 5.32 Å². The average molecular weight is 254 g/mol. The summed E-state index contributed by atoms with van der Waals surface area (Å²) < 4.78 is 1.28. The van der Waals surface area contributed by atoms with Gasteiger partial charge in [-0.3, -0.25) is 0 Å². The first kappa shape index (κ1) is 10.2. The van der Waals surface area contributed by atoms with Crippen LogP contribution in [0.4, 0.5) is 0 Å². The molecule has 1 atom stereocenters. The van der Waals surface area contributed by atoms with Gasteiger partial charge < -0.3 is 5.32 Å². The first-order valence-corrected chi connectivity index (χ1v) is 6.10. The van der Waals surface area contributed by atoms with Gasteiger partial charge in [-0.15, -0.1) is 0 Å². The lowest BCUT2D eigenvalue weighted by molar-refractivity contribution is 0.470. The zero-order valence-corrected chi connectivity index (χ0v) is 10.1. The summed E-state index contributed by atoms with van der Waals surface area (Å²) in [6, 6.07) is 7.21. The zero-order chi connectivity index (χ0) is 9.97. The fourth-order valence-electron chi connectivity index (χ4n) is 2.21. The second kappa shape index (κ2) is 4.45. The van der Waals surface area contributed by atoms with E-state index >= 15 is 0 Å². The van der Waals surface area contributed by atoms with Crippen molar-refractivity contribution in [3.8, 4) is 0 Å². The predicted octanol–water partition coefficient (Wildman–Crippen LogP) is 2.92. The molecule has 0 heterocycles. The van der Waals surface area contributed by atoms with Crippen LogP contribution in [0.5, 0.6) is 0 Å². The summed E-state index contributed by atoms with van der Waals surface area (Å²) in [5.74, 6) is 0. The molecule has 0 saturated heterocycles. The molecule has 0 bridgehead atoms. The molecule has 0 saturated carbocycles. The number of aryl methyl sites for hydroxylation is 1. The molecule has 1 unspecified atom stereocenters. The van der Waals surface area contributed by atoms with Gasteiger partial charge in [-0.2, -0.15) is 0 Å². The number of benzene rings is 1. The first-order chi connectivity index (χ1) is 6.81. The van der Waals surface area contributed by atoms with Crippen LogP contribution in [-0.4, -0.2) is 12.6 Å². The van der Waals surface area contributed by atoms with Crippen LogP contribution in [-0.2, 0) is 12.8 Å². The monoisotopic (exact) mass is 253 g/mol. The van der Waals surface area contributed by atoms with E-state index in [9.17, 15) is 0 Å². The highest BCUT2D eigenvalue weighted by atomic mass is 79.9. The van der Waals surface area contributed by atoms with Gasteiger partial charge >= 0.3 is 0 Å². The molecule has 14 heavy (non-hydrogen) atoms. The molecule has 76 valence electrons. The van der Waals surface area contributed by atoms with Gasteiger partial charge in [0, 0.05) is 10.5 Å². The highest BCUT2D eigenvalue weighted by Crippen LogP contribution is 2.27. The molecule has 1 aliphatic rings. The van der Waals surface area contributed by atoms with E-state index < -0.39 is 0 Å². The van der Waals surface area contributed by atoms with Crippen LogP contribution in [0.15, 0.2) is 22.7 Å². The van der Waals surface area contributed by atoms with E-state index in [0.29, 0.717) is 6.04 Å². The van der Waals surface area contributed by atoms with Crippen molar-refractivity contribution in [3.63, 3.8) is 0 Å². The molecule has 0 spiro atoms. The zero-order valence-electron chi connectivity index (χ0n) is 8.52. The summed E-state index contributed by atoms with van der Waals surface area (Å²) >= 11 is 3.63. The fourth-order valence-corrected chi connectivity index (χ4v) is 2.78. The van der Waals surface area contributed by atoms with Crippen molar-refractivity contribution in [2.24, 2.45) is 0 Å². The van der Waals surface area contributed by atoms with Crippen molar-refractivity contribution in [2.75, 3.05) is 6.54 Å². The Balaban J connectivity index is 2.20. The number of rotatable bonds is 2. The lowest BCUT2D eigenvalue weighted by atomic mass is 9.88. The van der Waals surface area contributed by atoms with Crippen LogP contribution in [0.2, 0.25) is 0 Å². The average Bonchev–Trinajstić information content (AvgIpc) is 2.20. The van der Waals surface area contributed by atoms with E-state index in [0.717, 1.165) is 6.54 Å². The Labute approximate surface area is 94.0 Å². The molecule has 0 aliphatic heterocycles. The Morgan fingerprint density at radius 2 is 2.36 bits per heavy atom. The van der Waals surface area contributed by atoms with Crippen molar-refractivity contribution < 1.29 is 0 Å². The van der Waals surface area contributed by atoms with Crippen molar-refractivity contribution >= 4 is 15.9 Å². The molecule has 1 N–H and O–H groups in total. The van der Waals surface area contributed by atoms with Gasteiger partial charge in [0.1, 0.15) is 0 Å². The van der Waals surface area contributed by atoms with Crippen molar-refractivity contribution in [3.05, 3.63) is 33.8 Å². The number of hydrogen-bond donors (Lipinski definition) is 1. The van der Waals surface area contributed by atoms with Crippen LogP contribution in [0.1, 0.15) is 24.5 Å². The van der Waals surface area contributed by atoms with Gasteiger partial charge in [-0.05, 0) is 43.0 Å². The van der Waals surface area contributed by atoms with E-state index in [4.69, 9.17) is 0 Å². The van der Waals surface area contributed by atoms with Crippen LogP contribution in [0.25, 0.3) is 0 Å². The lowest BCUT2D eigenvalue weighted by Gasteiger charge is -2.26. The summed E-state index contributed by atoms with van der Waals surface area (Å²) in [7, 11) is 0. The maximum Gasteiger partial charge on any atom is 0.0210 e. The molecule has 0 amide bonds. The van der Waals surface area contributed by atoms with Crippen LogP contribution >= 0.6 is 15.9 Å². The first-order valence-electron chi connectivity index (χ1n) is 5.31. The van der Waals surface area contributed by atoms with E-state index in [2.05, 4.69) is 46.4 Å². The molecule has 0 aromatic heterocycles. The Bertz CT molecular complexity index is 322. The summed E-state index contributed by atoms with van der Waals surface area (Å²) in [4.78, 5) is 0. The Morgan fingerprint density at radius 1 is 1.50 bits per heavy atom. The van der Waals surface area contributed by atoms with E-state index in [1.165, 1.54) is 34.9 Å². The molecule has 2 rings (SSSR count). The molecule has 2 heteroatoms. The Hall–Kier alpha value is -0.340. The van der Waals surface area contributed by atoms with Gasteiger partial charge in [0.15, 0.2) is 0 Å². The van der Waals surface area contributed by atoms with Gasteiger partial charge in [-0.25, -0.2) is 0 Å². The van der Waals surface area contributed by atoms with E-state index in [-0.39, 0.29) is 0 Å². The van der Waals surface area contributed by atoms with Gasteiger partial charge in [0.25, 0.3) is 0 Å². The highest BCUT2D eigenvalue weighted by Gasteiger charge is 2.18. The van der Waals surface area contributed by atoms with E-state index in [1.807, 2.05) is 0 Å². The summed E-state index contributed by atoms with van der Waals surface area (Å²) in [5, 5.41) is 3.53. The van der Waals surface area contributed by atoms with Crippen LogP contribution in [0.3, 0.4) is 0 Å². The lowest BCUT2D eigenvalue weighted by Crippen LogP contribution is -2.34. The normalized spacial score (nSPS) is 20.6. The maximum atomic E-state index is 3.63. The molecular formula is C12H16BrN. The SMILES string of the molecule is CCNC1CCc2cccc(Br)c2C1. The fraction of sp³-hybridized carbons (Fsp3) is 0.500. The minimum atomic E-state index is 0.672. The molecule has 1 nitrogen and oxygen atoms in total. The Kier molecular flexibility index (Phi) is 3.24. The third-order valence-corrected chi connectivity index (χ3v) is 3.66. The standard InChI is InChI=1S/C12H16BrN/c1-2-14-10-7-6-9-4-3-5-12(13)11(9)8-10/h3-5,10,14H,2,6-8H2,1H3. The number of nitrogens with one attached hydrogen (secondary N) is 1. The number of fused-ring (bicyclic) bond motifs is 1. The third-order valence-electron chi connectivity index (χ3n) is 2.92. The Morgan fingerprint density at radius 3 is 3.14 bits per heavy atom. The predicted molar refractivity (Wildman–Crippen MR) is 63.6 cm³/mol. The van der Waals surface area contributed by atoms with Crippen LogP contribution < -0.4 is 5.32 Å². The molecule has 1 aliphatic carbocycles. The van der Waals surface area contributed by atoms with Gasteiger partial charge in [-0.1, -0.05) is 35.0 Å². The minimum absolute atomic E-state index is 0.672. The van der Waals surface area contributed by atoms with E-state index in [1.54, 1.807) is 0 Å². The number of hydrogen-bond acceptors (Lipinski definition) is 1. The second-order valence-electron chi connectivity index (χ2n) is 3.87. The quantitative estimate of drug-likeness (QED) is 0.855. The highest BCUT2D eigenvalue weighted by molar-refractivity contribution is 9.10. The van der Waals surface area contributed by atoms with Crippen LogP contribution in [0, 0.1) is 0 Å². The van der Waals surface area contributed by atoms with Gasteiger partial charge in [0.2, 0.25) is 0 Å². The van der Waals surface area contributed by atoms with Gasteiger partial charge in [0.05, 0.1) is 0 Å². The second-order valence-corrected chi connectivity index (χ2v) is 4.73. The van der Waals surface area contributed by atoms with Crippen molar-refractivity contribution in [2.45, 2.75) is 32.2 Å². The summed E-state index contributed by atoms with van der Waals surface area (Å²) in [6.07, 6.45) is 3.66. The molecule has 0 fully saturated rings. The molecule has 1 aromatic carbocycles. The number of likely N-dealkylation sites (N-methyl/N-ethyl adjacent to an activating group) is 1. The topological polar surface area (TPSA) is 12.0 Å². The summed E-state index contributed by atoms with van der Waals surface area (Å²) in [6.45, 7) is 3.25. The molecule has 0 radical (unpaired) electrons.